The van der Waals surface area contributed by atoms with Gasteiger partial charge in [-0.2, -0.15) is 4.31 Å². The van der Waals surface area contributed by atoms with Gasteiger partial charge in [0, 0.05) is 31.7 Å². The van der Waals surface area contributed by atoms with Gasteiger partial charge in [0.05, 0.1) is 30.8 Å². The Hall–Kier alpha value is -2.95. The second kappa shape index (κ2) is 11.5. The number of sulfonamides is 1. The van der Waals surface area contributed by atoms with Gasteiger partial charge in [0.2, 0.25) is 15.9 Å². The van der Waals surface area contributed by atoms with E-state index >= 15 is 0 Å². The minimum atomic E-state index is -3.76. The molecule has 9 nitrogen and oxygen atoms in total. The summed E-state index contributed by atoms with van der Waals surface area (Å²) in [5.41, 5.74) is 1.55. The van der Waals surface area contributed by atoms with Crippen molar-refractivity contribution in [3.63, 3.8) is 0 Å². The standard InChI is InChI=1S/C24H31N3O6S/c1-17(2)13-23(28)26-19-6-4-5-18(14-19)16-25-24(29)21-15-20(7-8-22(21)32-3)34(30,31)27-9-11-33-12-10-27/h4-8,14-15,17H,9-13,16H2,1-3H3,(H,25,29)(H,26,28). The van der Waals surface area contributed by atoms with Crippen LogP contribution in [0.1, 0.15) is 36.2 Å². The van der Waals surface area contributed by atoms with Crippen LogP contribution >= 0.6 is 0 Å². The highest BCUT2D eigenvalue weighted by Gasteiger charge is 2.28. The van der Waals surface area contributed by atoms with Gasteiger partial charge in [-0.1, -0.05) is 26.0 Å². The molecule has 34 heavy (non-hydrogen) atoms. The molecule has 0 radical (unpaired) electrons. The van der Waals surface area contributed by atoms with E-state index in [2.05, 4.69) is 10.6 Å². The molecular formula is C24H31N3O6S. The molecule has 0 saturated carbocycles. The van der Waals surface area contributed by atoms with Gasteiger partial charge in [-0.15, -0.1) is 0 Å². The minimum Gasteiger partial charge on any atom is -0.496 e. The largest absolute Gasteiger partial charge is 0.496 e. The monoisotopic (exact) mass is 489 g/mol. The Bertz CT molecular complexity index is 1130. The SMILES string of the molecule is COc1ccc(S(=O)(=O)N2CCOCC2)cc1C(=O)NCc1cccc(NC(=O)CC(C)C)c1. The molecule has 3 rings (SSSR count). The van der Waals surface area contributed by atoms with E-state index in [1.54, 1.807) is 18.2 Å². The Labute approximate surface area is 200 Å². The fourth-order valence-corrected chi connectivity index (χ4v) is 5.02. The zero-order valence-electron chi connectivity index (χ0n) is 19.7. The van der Waals surface area contributed by atoms with Crippen LogP contribution in [0, 0.1) is 5.92 Å². The number of carbonyl (C=O) groups excluding carboxylic acids is 2. The van der Waals surface area contributed by atoms with Crippen molar-refractivity contribution in [3.8, 4) is 5.75 Å². The van der Waals surface area contributed by atoms with Gasteiger partial charge < -0.3 is 20.1 Å². The maximum atomic E-state index is 13.0. The molecule has 0 unspecified atom stereocenters. The summed E-state index contributed by atoms with van der Waals surface area (Å²) in [6, 6.07) is 11.4. The van der Waals surface area contributed by atoms with Crippen LogP contribution in [0.15, 0.2) is 47.4 Å². The lowest BCUT2D eigenvalue weighted by Gasteiger charge is -2.26. The predicted octanol–water partition coefficient (Wildman–Crippen LogP) is 2.63. The van der Waals surface area contributed by atoms with E-state index in [-0.39, 0.29) is 47.7 Å². The lowest BCUT2D eigenvalue weighted by atomic mass is 10.1. The number of amides is 2. The van der Waals surface area contributed by atoms with Crippen molar-refractivity contribution in [3.05, 3.63) is 53.6 Å². The topological polar surface area (TPSA) is 114 Å². The molecule has 0 aliphatic carbocycles. The summed E-state index contributed by atoms with van der Waals surface area (Å²) in [6.07, 6.45) is 0.421. The van der Waals surface area contributed by atoms with Crippen molar-refractivity contribution in [2.45, 2.75) is 31.7 Å². The number of hydrogen-bond donors (Lipinski definition) is 2. The molecule has 1 fully saturated rings. The quantitative estimate of drug-likeness (QED) is 0.560. The molecule has 2 N–H and O–H groups in total. The normalized spacial score (nSPS) is 14.6. The third-order valence-electron chi connectivity index (χ3n) is 5.28. The van der Waals surface area contributed by atoms with Crippen molar-refractivity contribution in [1.29, 1.82) is 0 Å². The number of anilines is 1. The van der Waals surface area contributed by atoms with Gasteiger partial charge in [0.25, 0.3) is 5.91 Å². The summed E-state index contributed by atoms with van der Waals surface area (Å²) < 4.78 is 37.9. The smallest absolute Gasteiger partial charge is 0.255 e. The van der Waals surface area contributed by atoms with Crippen LogP contribution in [-0.4, -0.2) is 58.0 Å². The first kappa shape index (κ1) is 25.7. The molecule has 0 spiro atoms. The molecule has 0 aromatic heterocycles. The second-order valence-corrected chi connectivity index (χ2v) is 10.3. The molecule has 2 aromatic rings. The maximum Gasteiger partial charge on any atom is 0.255 e. The van der Waals surface area contributed by atoms with Crippen molar-refractivity contribution >= 4 is 27.5 Å². The molecule has 2 aromatic carbocycles. The van der Waals surface area contributed by atoms with E-state index in [1.165, 1.54) is 29.6 Å². The van der Waals surface area contributed by atoms with Crippen LogP contribution in [0.4, 0.5) is 5.69 Å². The Kier molecular flexibility index (Phi) is 8.65. The number of hydrogen-bond acceptors (Lipinski definition) is 6. The van der Waals surface area contributed by atoms with Gasteiger partial charge in [-0.05, 0) is 41.8 Å². The number of morpholine rings is 1. The zero-order valence-corrected chi connectivity index (χ0v) is 20.5. The first-order valence-electron chi connectivity index (χ1n) is 11.1. The molecular weight excluding hydrogens is 458 g/mol. The maximum absolute atomic E-state index is 13.0. The van der Waals surface area contributed by atoms with Crippen molar-refractivity contribution in [1.82, 2.24) is 9.62 Å². The predicted molar refractivity (Wildman–Crippen MR) is 128 cm³/mol. The summed E-state index contributed by atoms with van der Waals surface area (Å²) in [5, 5.41) is 5.66. The van der Waals surface area contributed by atoms with Crippen molar-refractivity contribution in [2.24, 2.45) is 5.92 Å². The third kappa shape index (κ3) is 6.55. The summed E-state index contributed by atoms with van der Waals surface area (Å²) >= 11 is 0. The average Bonchev–Trinajstić information content (AvgIpc) is 2.82. The van der Waals surface area contributed by atoms with E-state index in [0.717, 1.165) is 5.56 Å². The fourth-order valence-electron chi connectivity index (χ4n) is 3.58. The number of benzene rings is 2. The zero-order chi connectivity index (χ0) is 24.7. The Balaban J connectivity index is 1.73. The van der Waals surface area contributed by atoms with Gasteiger partial charge >= 0.3 is 0 Å². The van der Waals surface area contributed by atoms with Crippen LogP contribution in [0.3, 0.4) is 0 Å². The molecule has 10 heteroatoms. The highest BCUT2D eigenvalue weighted by Crippen LogP contribution is 2.25. The van der Waals surface area contributed by atoms with Crippen LogP contribution in [0.2, 0.25) is 0 Å². The van der Waals surface area contributed by atoms with E-state index in [0.29, 0.717) is 25.3 Å². The number of ether oxygens (including phenoxy) is 2. The molecule has 184 valence electrons. The molecule has 1 aliphatic heterocycles. The van der Waals surface area contributed by atoms with Gasteiger partial charge in [-0.3, -0.25) is 9.59 Å². The lowest BCUT2D eigenvalue weighted by Crippen LogP contribution is -2.40. The first-order valence-corrected chi connectivity index (χ1v) is 12.6. The van der Waals surface area contributed by atoms with E-state index < -0.39 is 15.9 Å². The summed E-state index contributed by atoms with van der Waals surface area (Å²) in [6.45, 7) is 5.33. The average molecular weight is 490 g/mol. The third-order valence-corrected chi connectivity index (χ3v) is 7.18. The summed E-state index contributed by atoms with van der Waals surface area (Å²) in [7, 11) is -2.34. The number of nitrogens with zero attached hydrogens (tertiary/aromatic N) is 1. The number of carbonyl (C=O) groups is 2. The summed E-state index contributed by atoms with van der Waals surface area (Å²) in [5.74, 6) is -0.0160. The molecule has 1 aliphatic rings. The Morgan fingerprint density at radius 1 is 1.12 bits per heavy atom. The van der Waals surface area contributed by atoms with Gasteiger partial charge in [0.15, 0.2) is 0 Å². The highest BCUT2D eigenvalue weighted by atomic mass is 32.2. The molecule has 1 saturated heterocycles. The molecule has 1 heterocycles. The van der Waals surface area contributed by atoms with Gasteiger partial charge in [0.1, 0.15) is 5.75 Å². The molecule has 0 atom stereocenters. The van der Waals surface area contributed by atoms with Crippen LogP contribution in [-0.2, 0) is 26.1 Å². The van der Waals surface area contributed by atoms with Crippen molar-refractivity contribution < 1.29 is 27.5 Å². The number of methoxy groups -OCH3 is 1. The minimum absolute atomic E-state index is 0.0233. The van der Waals surface area contributed by atoms with E-state index in [9.17, 15) is 18.0 Å². The van der Waals surface area contributed by atoms with E-state index in [4.69, 9.17) is 9.47 Å². The Morgan fingerprint density at radius 3 is 2.53 bits per heavy atom. The highest BCUT2D eigenvalue weighted by molar-refractivity contribution is 7.89. The Morgan fingerprint density at radius 2 is 1.85 bits per heavy atom. The van der Waals surface area contributed by atoms with Crippen molar-refractivity contribution in [2.75, 3.05) is 38.7 Å². The number of nitrogens with one attached hydrogen (secondary N) is 2. The molecule has 2 amide bonds. The lowest BCUT2D eigenvalue weighted by molar-refractivity contribution is -0.116. The second-order valence-electron chi connectivity index (χ2n) is 8.41. The van der Waals surface area contributed by atoms with E-state index in [1.807, 2.05) is 19.9 Å². The number of rotatable bonds is 9. The van der Waals surface area contributed by atoms with Crippen LogP contribution in [0.25, 0.3) is 0 Å². The molecule has 0 bridgehead atoms. The fraction of sp³-hybridized carbons (Fsp3) is 0.417. The first-order chi connectivity index (χ1) is 16.2. The summed E-state index contributed by atoms with van der Waals surface area (Å²) in [4.78, 5) is 25.0. The van der Waals surface area contributed by atoms with Gasteiger partial charge in [-0.25, -0.2) is 8.42 Å². The van der Waals surface area contributed by atoms with Crippen LogP contribution < -0.4 is 15.4 Å². The van der Waals surface area contributed by atoms with Crippen LogP contribution in [0.5, 0.6) is 5.75 Å².